The Bertz CT molecular complexity index is 790. The lowest BCUT2D eigenvalue weighted by Crippen LogP contribution is -2.29. The molecular formula is C18H23N5O3. The van der Waals surface area contributed by atoms with Crippen molar-refractivity contribution in [3.63, 3.8) is 0 Å². The number of phenolic OH excluding ortho intramolecular Hbond substituents is 1. The number of anilines is 3. The highest BCUT2D eigenvalue weighted by atomic mass is 16.5. The van der Waals surface area contributed by atoms with E-state index < -0.39 is 5.91 Å². The summed E-state index contributed by atoms with van der Waals surface area (Å²) in [5, 5.41) is 16.1. The second kappa shape index (κ2) is 8.01. The van der Waals surface area contributed by atoms with Crippen LogP contribution in [0.2, 0.25) is 0 Å². The van der Waals surface area contributed by atoms with Gasteiger partial charge in [0, 0.05) is 31.0 Å². The molecule has 0 spiro atoms. The molecule has 0 bridgehead atoms. The van der Waals surface area contributed by atoms with E-state index in [1.165, 1.54) is 6.07 Å². The Balaban J connectivity index is 1.94. The maximum atomic E-state index is 11.8. The second-order valence-electron chi connectivity index (χ2n) is 6.14. The molecule has 0 unspecified atom stereocenters. The number of aromatic nitrogens is 2. The summed E-state index contributed by atoms with van der Waals surface area (Å²) in [5.41, 5.74) is 6.83. The molecule has 1 aliphatic rings. The van der Waals surface area contributed by atoms with Gasteiger partial charge in [-0.2, -0.15) is 0 Å². The number of rotatable bonds is 6. The van der Waals surface area contributed by atoms with Crippen LogP contribution in [0.4, 0.5) is 17.3 Å². The van der Waals surface area contributed by atoms with Gasteiger partial charge in [-0.15, -0.1) is 0 Å². The quantitative estimate of drug-likeness (QED) is 0.625. The first-order valence-electron chi connectivity index (χ1n) is 8.68. The summed E-state index contributed by atoms with van der Waals surface area (Å²) in [6.07, 6.45) is 2.39. The third kappa shape index (κ3) is 4.20. The van der Waals surface area contributed by atoms with Crippen LogP contribution < -0.4 is 16.4 Å². The molecule has 26 heavy (non-hydrogen) atoms. The zero-order valence-corrected chi connectivity index (χ0v) is 14.7. The van der Waals surface area contributed by atoms with Gasteiger partial charge in [0.2, 0.25) is 0 Å². The first kappa shape index (κ1) is 17.9. The molecule has 2 heterocycles. The van der Waals surface area contributed by atoms with Crippen LogP contribution in [-0.4, -0.2) is 40.2 Å². The molecule has 0 saturated carbocycles. The van der Waals surface area contributed by atoms with Gasteiger partial charge in [-0.05, 0) is 31.4 Å². The molecule has 0 aliphatic carbocycles. The van der Waals surface area contributed by atoms with Crippen LogP contribution in [0.3, 0.4) is 0 Å². The topological polar surface area (TPSA) is 122 Å². The van der Waals surface area contributed by atoms with Gasteiger partial charge in [0.05, 0.1) is 5.69 Å². The summed E-state index contributed by atoms with van der Waals surface area (Å²) in [6.45, 7) is 3.37. The Labute approximate surface area is 151 Å². The summed E-state index contributed by atoms with van der Waals surface area (Å²) in [7, 11) is 0. The Hall–Kier alpha value is -2.87. The van der Waals surface area contributed by atoms with Gasteiger partial charge in [-0.1, -0.05) is 13.0 Å². The minimum absolute atomic E-state index is 0.0720. The number of benzene rings is 1. The average Bonchev–Trinajstić information content (AvgIpc) is 2.62. The fraction of sp³-hybridized carbons (Fsp3) is 0.389. The molecule has 3 rings (SSSR count). The summed E-state index contributed by atoms with van der Waals surface area (Å²) in [4.78, 5) is 20.8. The lowest BCUT2D eigenvalue weighted by Gasteiger charge is -2.25. The van der Waals surface area contributed by atoms with E-state index in [9.17, 15) is 9.90 Å². The number of amides is 1. The van der Waals surface area contributed by atoms with Crippen molar-refractivity contribution in [2.24, 2.45) is 5.73 Å². The summed E-state index contributed by atoms with van der Waals surface area (Å²) >= 11 is 0. The molecule has 1 amide bonds. The van der Waals surface area contributed by atoms with E-state index in [2.05, 4.69) is 20.6 Å². The molecule has 8 heteroatoms. The van der Waals surface area contributed by atoms with Gasteiger partial charge >= 0.3 is 0 Å². The van der Waals surface area contributed by atoms with Crippen molar-refractivity contribution in [3.05, 3.63) is 35.7 Å². The highest BCUT2D eigenvalue weighted by Gasteiger charge is 2.20. The minimum Gasteiger partial charge on any atom is -0.508 e. The fourth-order valence-corrected chi connectivity index (χ4v) is 2.85. The number of hydrogen-bond acceptors (Lipinski definition) is 7. The van der Waals surface area contributed by atoms with Gasteiger partial charge in [-0.3, -0.25) is 4.79 Å². The van der Waals surface area contributed by atoms with Gasteiger partial charge in [0.25, 0.3) is 5.91 Å². The first-order valence-corrected chi connectivity index (χ1v) is 8.68. The fourth-order valence-electron chi connectivity index (χ4n) is 2.85. The lowest BCUT2D eigenvalue weighted by molar-refractivity contribution is 0.0903. The largest absolute Gasteiger partial charge is 0.508 e. The van der Waals surface area contributed by atoms with Crippen LogP contribution in [0.1, 0.15) is 35.9 Å². The number of nitrogens with one attached hydrogen (secondary N) is 2. The standard InChI is InChI=1S/C18H23N5O3/c1-2-14-17(20-11-6-8-26-9-7-11)23-18(15(22-14)16(19)25)21-12-4-3-5-13(24)10-12/h3-5,10-11,24H,2,6-9H2,1H3,(H2,19,25)(H2,20,21,23). The predicted molar refractivity (Wildman–Crippen MR) is 98.8 cm³/mol. The van der Waals surface area contributed by atoms with Crippen molar-refractivity contribution in [2.75, 3.05) is 23.8 Å². The monoisotopic (exact) mass is 357 g/mol. The number of phenols is 1. The Morgan fingerprint density at radius 1 is 1.31 bits per heavy atom. The number of aromatic hydroxyl groups is 1. The van der Waals surface area contributed by atoms with Gasteiger partial charge in [-0.25, -0.2) is 9.97 Å². The molecule has 1 aromatic carbocycles. The number of ether oxygens (including phenoxy) is 1. The highest BCUT2D eigenvalue weighted by molar-refractivity contribution is 5.96. The first-order chi connectivity index (χ1) is 12.6. The van der Waals surface area contributed by atoms with Gasteiger partial charge in [0.1, 0.15) is 5.75 Å². The van der Waals surface area contributed by atoms with E-state index in [1.807, 2.05) is 6.92 Å². The maximum absolute atomic E-state index is 11.8. The third-order valence-corrected chi connectivity index (χ3v) is 4.21. The number of nitrogens with two attached hydrogens (primary N) is 1. The van der Waals surface area contributed by atoms with E-state index in [-0.39, 0.29) is 23.3 Å². The van der Waals surface area contributed by atoms with Crippen LogP contribution in [0.5, 0.6) is 5.75 Å². The molecule has 2 aromatic rings. The molecule has 8 nitrogen and oxygen atoms in total. The van der Waals surface area contributed by atoms with E-state index in [1.54, 1.807) is 18.2 Å². The van der Waals surface area contributed by atoms with E-state index in [4.69, 9.17) is 10.5 Å². The van der Waals surface area contributed by atoms with Gasteiger partial charge < -0.3 is 26.2 Å². The summed E-state index contributed by atoms with van der Waals surface area (Å²) in [6, 6.07) is 6.79. The lowest BCUT2D eigenvalue weighted by atomic mass is 10.1. The van der Waals surface area contributed by atoms with Crippen LogP contribution >= 0.6 is 0 Å². The van der Waals surface area contributed by atoms with Crippen LogP contribution in [0.15, 0.2) is 24.3 Å². The van der Waals surface area contributed by atoms with Crippen molar-refractivity contribution in [1.29, 1.82) is 0 Å². The molecule has 138 valence electrons. The number of carbonyl (C=O) groups is 1. The number of aryl methyl sites for hydroxylation is 1. The molecule has 1 fully saturated rings. The Morgan fingerprint density at radius 3 is 2.73 bits per heavy atom. The van der Waals surface area contributed by atoms with Crippen molar-refractivity contribution >= 4 is 23.2 Å². The summed E-state index contributed by atoms with van der Waals surface area (Å²) in [5.74, 6) is 0.337. The molecule has 1 saturated heterocycles. The van der Waals surface area contributed by atoms with Crippen molar-refractivity contribution < 1.29 is 14.6 Å². The normalized spacial score (nSPS) is 14.8. The minimum atomic E-state index is -0.660. The molecule has 1 aromatic heterocycles. The third-order valence-electron chi connectivity index (χ3n) is 4.21. The number of carbonyl (C=O) groups excluding carboxylic acids is 1. The predicted octanol–water partition coefficient (Wildman–Crippen LogP) is 2.18. The highest BCUT2D eigenvalue weighted by Crippen LogP contribution is 2.25. The van der Waals surface area contributed by atoms with Crippen LogP contribution in [0.25, 0.3) is 0 Å². The molecule has 5 N–H and O–H groups in total. The zero-order chi connectivity index (χ0) is 18.5. The van der Waals surface area contributed by atoms with Gasteiger partial charge in [0.15, 0.2) is 17.3 Å². The second-order valence-corrected chi connectivity index (χ2v) is 6.14. The van der Waals surface area contributed by atoms with Crippen molar-refractivity contribution in [2.45, 2.75) is 32.2 Å². The van der Waals surface area contributed by atoms with Crippen LogP contribution in [0, 0.1) is 0 Å². The molecular weight excluding hydrogens is 334 g/mol. The SMILES string of the molecule is CCc1nc(C(N)=O)c(Nc2cccc(O)c2)nc1NC1CCOCC1. The molecule has 1 aliphatic heterocycles. The maximum Gasteiger partial charge on any atom is 0.271 e. The van der Waals surface area contributed by atoms with Crippen molar-refractivity contribution in [3.8, 4) is 5.75 Å². The number of hydrogen-bond donors (Lipinski definition) is 4. The van der Waals surface area contributed by atoms with Crippen LogP contribution in [-0.2, 0) is 11.2 Å². The zero-order valence-electron chi connectivity index (χ0n) is 14.7. The Morgan fingerprint density at radius 2 is 2.08 bits per heavy atom. The molecule has 0 atom stereocenters. The molecule has 0 radical (unpaired) electrons. The average molecular weight is 357 g/mol. The smallest absolute Gasteiger partial charge is 0.271 e. The summed E-state index contributed by atoms with van der Waals surface area (Å²) < 4.78 is 5.39. The van der Waals surface area contributed by atoms with E-state index in [0.717, 1.165) is 12.8 Å². The van der Waals surface area contributed by atoms with E-state index in [0.29, 0.717) is 36.8 Å². The number of nitrogens with zero attached hydrogens (tertiary/aromatic N) is 2. The number of primary amides is 1. The van der Waals surface area contributed by atoms with E-state index >= 15 is 0 Å². The van der Waals surface area contributed by atoms with Crippen molar-refractivity contribution in [1.82, 2.24) is 9.97 Å². The Kier molecular flexibility index (Phi) is 5.52.